The molecule has 4 atom stereocenters. The van der Waals surface area contributed by atoms with Crippen LogP contribution in [-0.2, 0) is 11.2 Å². The molecule has 0 spiro atoms. The second-order valence-corrected chi connectivity index (χ2v) is 9.75. The van der Waals surface area contributed by atoms with Crippen LogP contribution in [0, 0.1) is 18.6 Å². The number of amides is 1. The van der Waals surface area contributed by atoms with Crippen molar-refractivity contribution in [2.24, 2.45) is 5.73 Å². The Kier molecular flexibility index (Phi) is 11.1. The van der Waals surface area contributed by atoms with Crippen molar-refractivity contribution in [3.63, 3.8) is 0 Å². The Labute approximate surface area is 223 Å². The van der Waals surface area contributed by atoms with Crippen LogP contribution in [0.1, 0.15) is 48.8 Å². The zero-order valence-corrected chi connectivity index (χ0v) is 22.2. The van der Waals surface area contributed by atoms with Crippen LogP contribution in [0.15, 0.2) is 54.4 Å². The van der Waals surface area contributed by atoms with Crippen molar-refractivity contribution in [2.45, 2.75) is 63.7 Å². The summed E-state index contributed by atoms with van der Waals surface area (Å²) < 4.78 is 42.9. The first-order valence-electron chi connectivity index (χ1n) is 13.1. The van der Waals surface area contributed by atoms with E-state index in [4.69, 9.17) is 5.73 Å². The van der Waals surface area contributed by atoms with Crippen molar-refractivity contribution in [1.82, 2.24) is 15.6 Å². The van der Waals surface area contributed by atoms with Crippen LogP contribution in [-0.4, -0.2) is 49.3 Å². The van der Waals surface area contributed by atoms with Crippen molar-refractivity contribution in [1.29, 1.82) is 0 Å². The van der Waals surface area contributed by atoms with Crippen molar-refractivity contribution in [3.8, 4) is 0 Å². The summed E-state index contributed by atoms with van der Waals surface area (Å²) in [6, 6.07) is 3.44. The van der Waals surface area contributed by atoms with Crippen molar-refractivity contribution in [2.75, 3.05) is 25.5 Å². The van der Waals surface area contributed by atoms with Gasteiger partial charge in [0.2, 0.25) is 5.91 Å². The first-order chi connectivity index (χ1) is 18.2. The molecule has 0 saturated carbocycles. The van der Waals surface area contributed by atoms with Gasteiger partial charge in [-0.3, -0.25) is 9.78 Å². The molecule has 0 radical (unpaired) electrons. The number of nitrogens with one attached hydrogen (secondary N) is 3. The number of pyridine rings is 1. The predicted octanol–water partition coefficient (Wildman–Crippen LogP) is 4.46. The molecular weight excluding hydrogens is 491 g/mol. The van der Waals surface area contributed by atoms with E-state index in [0.717, 1.165) is 25.7 Å². The number of anilines is 1. The number of carbonyl (C=O) groups excluding carboxylic acids is 1. The van der Waals surface area contributed by atoms with Gasteiger partial charge in [-0.25, -0.2) is 13.2 Å². The fourth-order valence-electron chi connectivity index (χ4n) is 4.70. The van der Waals surface area contributed by atoms with Crippen LogP contribution in [0.25, 0.3) is 0 Å². The highest BCUT2D eigenvalue weighted by Gasteiger charge is 2.31. The molecule has 1 aromatic carbocycles. The van der Waals surface area contributed by atoms with Gasteiger partial charge in [-0.1, -0.05) is 31.2 Å². The minimum absolute atomic E-state index is 0.116. The molecule has 1 unspecified atom stereocenters. The summed E-state index contributed by atoms with van der Waals surface area (Å²) in [5, 5.41) is 9.34. The van der Waals surface area contributed by atoms with Crippen molar-refractivity contribution in [3.05, 3.63) is 82.7 Å². The number of nitrogens with zero attached hydrogens (tertiary/aromatic N) is 1. The highest BCUT2D eigenvalue weighted by Crippen LogP contribution is 2.33. The fraction of sp³-hybridized carbons (Fsp3) is 0.448. The number of aryl methyl sites for hydroxylation is 1. The van der Waals surface area contributed by atoms with Gasteiger partial charge >= 0.3 is 0 Å². The third-order valence-electron chi connectivity index (χ3n) is 6.75. The van der Waals surface area contributed by atoms with Gasteiger partial charge in [0.25, 0.3) is 0 Å². The molecule has 1 heterocycles. The van der Waals surface area contributed by atoms with Crippen molar-refractivity contribution < 1.29 is 18.0 Å². The standard InChI is InChI=1S/C29H38F3N5O/c1-4-11-35-15-23(34-3)9-10-24-25(32)16-36-17-26(24)37-29(38)28(33)27(19-5-7-21(30)8-6-19)20-12-18(2)13-22(31)14-20/h5-7,12-14,16-17,21,23,27-28,34-35H,4,8-11,15,33H2,1-3H3,(H,37,38)/t21?,23-,27-,28-/m0/s1. The molecule has 3 rings (SSSR count). The quantitative estimate of drug-likeness (QED) is 0.288. The Morgan fingerprint density at radius 1 is 1.24 bits per heavy atom. The van der Waals surface area contributed by atoms with Gasteiger partial charge in [0.15, 0.2) is 0 Å². The van der Waals surface area contributed by atoms with E-state index in [1.54, 1.807) is 25.1 Å². The minimum Gasteiger partial charge on any atom is -0.323 e. The lowest BCUT2D eigenvalue weighted by atomic mass is 9.81. The van der Waals surface area contributed by atoms with Gasteiger partial charge in [-0.05, 0) is 68.6 Å². The normalized spacial score (nSPS) is 17.6. The van der Waals surface area contributed by atoms with Crippen LogP contribution in [0.5, 0.6) is 0 Å². The molecule has 1 amide bonds. The molecule has 0 aliphatic heterocycles. The monoisotopic (exact) mass is 529 g/mol. The van der Waals surface area contributed by atoms with E-state index < -0.39 is 35.7 Å². The molecule has 0 saturated heterocycles. The first kappa shape index (κ1) is 29.5. The van der Waals surface area contributed by atoms with Crippen LogP contribution >= 0.6 is 0 Å². The van der Waals surface area contributed by atoms with E-state index in [0.29, 0.717) is 35.1 Å². The van der Waals surface area contributed by atoms with Crippen LogP contribution in [0.4, 0.5) is 18.9 Å². The second-order valence-electron chi connectivity index (χ2n) is 9.75. The third kappa shape index (κ3) is 7.99. The van der Waals surface area contributed by atoms with Crippen molar-refractivity contribution >= 4 is 11.6 Å². The van der Waals surface area contributed by atoms with E-state index in [1.807, 2.05) is 7.05 Å². The largest absolute Gasteiger partial charge is 0.323 e. The van der Waals surface area contributed by atoms with Gasteiger partial charge in [-0.2, -0.15) is 0 Å². The summed E-state index contributed by atoms with van der Waals surface area (Å²) in [6.45, 7) is 5.47. The molecule has 1 aromatic heterocycles. The summed E-state index contributed by atoms with van der Waals surface area (Å²) in [6.07, 6.45) is 8.24. The third-order valence-corrected chi connectivity index (χ3v) is 6.75. The number of benzene rings is 1. The Balaban J connectivity index is 1.83. The van der Waals surface area contributed by atoms with E-state index in [1.165, 1.54) is 24.4 Å². The maximum atomic E-state index is 14.8. The molecule has 6 nitrogen and oxygen atoms in total. The molecule has 2 aromatic rings. The summed E-state index contributed by atoms with van der Waals surface area (Å²) in [5.74, 6) is -2.27. The zero-order chi connectivity index (χ0) is 27.7. The number of halogens is 3. The Morgan fingerprint density at radius 3 is 2.68 bits per heavy atom. The van der Waals surface area contributed by atoms with Crippen LogP contribution in [0.3, 0.4) is 0 Å². The summed E-state index contributed by atoms with van der Waals surface area (Å²) in [5.41, 5.74) is 8.86. The lowest BCUT2D eigenvalue weighted by molar-refractivity contribution is -0.117. The Hall–Kier alpha value is -3.01. The molecule has 1 aliphatic rings. The summed E-state index contributed by atoms with van der Waals surface area (Å²) in [4.78, 5) is 17.3. The van der Waals surface area contributed by atoms with Gasteiger partial charge in [0.05, 0.1) is 24.1 Å². The topological polar surface area (TPSA) is 92.1 Å². The molecule has 9 heteroatoms. The molecule has 1 aliphatic carbocycles. The number of aromatic nitrogens is 1. The van der Waals surface area contributed by atoms with Crippen LogP contribution in [0.2, 0.25) is 0 Å². The van der Waals surface area contributed by atoms with Gasteiger partial charge in [-0.15, -0.1) is 0 Å². The number of nitrogens with two attached hydrogens (primary N) is 1. The number of carbonyl (C=O) groups is 1. The highest BCUT2D eigenvalue weighted by atomic mass is 19.1. The minimum atomic E-state index is -1.15. The average molecular weight is 530 g/mol. The predicted molar refractivity (Wildman–Crippen MR) is 146 cm³/mol. The molecule has 0 bridgehead atoms. The maximum Gasteiger partial charge on any atom is 0.242 e. The smallest absolute Gasteiger partial charge is 0.242 e. The van der Waals surface area contributed by atoms with Gasteiger partial charge in [0.1, 0.15) is 17.8 Å². The number of allylic oxidation sites excluding steroid dienone is 3. The number of rotatable bonds is 13. The number of hydrogen-bond donors (Lipinski definition) is 4. The number of likely N-dealkylation sites (N-methyl/N-ethyl adjacent to an activating group) is 1. The number of alkyl halides is 1. The fourth-order valence-corrected chi connectivity index (χ4v) is 4.70. The summed E-state index contributed by atoms with van der Waals surface area (Å²) in [7, 11) is 1.86. The highest BCUT2D eigenvalue weighted by molar-refractivity contribution is 5.96. The van der Waals surface area contributed by atoms with E-state index in [-0.39, 0.29) is 18.2 Å². The van der Waals surface area contributed by atoms with E-state index in [9.17, 15) is 18.0 Å². The number of hydrogen-bond acceptors (Lipinski definition) is 5. The molecule has 5 N–H and O–H groups in total. The second kappa shape index (κ2) is 14.2. The van der Waals surface area contributed by atoms with Crippen LogP contribution < -0.4 is 21.7 Å². The first-order valence-corrected chi connectivity index (χ1v) is 13.1. The Bertz CT molecular complexity index is 1130. The van der Waals surface area contributed by atoms with Gasteiger partial charge < -0.3 is 21.7 Å². The average Bonchev–Trinajstić information content (AvgIpc) is 2.88. The SMILES string of the molecule is CCCNC[C@H](CCc1c(F)cncc1NC(=O)[C@@H](N)[C@@H](C1=CCC(F)C=C1)c1cc(C)cc(F)c1)NC. The summed E-state index contributed by atoms with van der Waals surface area (Å²) >= 11 is 0. The Morgan fingerprint density at radius 2 is 2.03 bits per heavy atom. The molecule has 38 heavy (non-hydrogen) atoms. The maximum absolute atomic E-state index is 14.8. The lowest BCUT2D eigenvalue weighted by Gasteiger charge is -2.27. The zero-order valence-electron chi connectivity index (χ0n) is 22.2. The molecular formula is C29H38F3N5O. The molecule has 206 valence electrons. The van der Waals surface area contributed by atoms with E-state index >= 15 is 0 Å². The molecule has 0 fully saturated rings. The lowest BCUT2D eigenvalue weighted by Crippen LogP contribution is -2.42. The van der Waals surface area contributed by atoms with E-state index in [2.05, 4.69) is 27.9 Å². The van der Waals surface area contributed by atoms with Gasteiger partial charge in [0, 0.05) is 30.5 Å².